The number of hydrogen-bond donors (Lipinski definition) is 3. The minimum Gasteiger partial charge on any atom is -0.383 e. The maximum absolute atomic E-state index is 11.8. The first kappa shape index (κ1) is 10.8. The molecule has 0 aliphatic rings. The highest BCUT2D eigenvalue weighted by atomic mass is 16.1. The average molecular weight is 226 g/mol. The number of carbonyl (C=O) groups excluding carboxylic acids is 1. The molecule has 1 aromatic carbocycles. The minimum atomic E-state index is -0.328. The van der Waals surface area contributed by atoms with Crippen LogP contribution in [-0.2, 0) is 0 Å². The molecule has 1 amide bonds. The van der Waals surface area contributed by atoms with Crippen molar-refractivity contribution >= 4 is 17.4 Å². The van der Waals surface area contributed by atoms with Crippen molar-refractivity contribution < 1.29 is 4.79 Å². The lowest BCUT2D eigenvalue weighted by atomic mass is 10.2. The number of benzene rings is 1. The molecule has 4 N–H and O–H groups in total. The van der Waals surface area contributed by atoms with E-state index >= 15 is 0 Å². The molecule has 0 aliphatic heterocycles. The topological polar surface area (TPSA) is 83.8 Å². The minimum absolute atomic E-state index is 0.232. The van der Waals surface area contributed by atoms with Crippen molar-refractivity contribution in [1.29, 1.82) is 0 Å². The van der Waals surface area contributed by atoms with E-state index in [0.717, 1.165) is 0 Å². The molecule has 5 nitrogen and oxygen atoms in total. The number of hydrogen-bond acceptors (Lipinski definition) is 3. The fourth-order valence-electron chi connectivity index (χ4n) is 1.36. The summed E-state index contributed by atoms with van der Waals surface area (Å²) in [6, 6.07) is 6.99. The molecule has 0 saturated heterocycles. The molecule has 5 heteroatoms. The zero-order chi connectivity index (χ0) is 12.3. The Labute approximate surface area is 98.0 Å². The Morgan fingerprint density at radius 2 is 2.35 bits per heavy atom. The van der Waals surface area contributed by atoms with Crippen LogP contribution in [0.15, 0.2) is 30.5 Å². The molecule has 0 saturated carbocycles. The van der Waals surface area contributed by atoms with Gasteiger partial charge in [-0.25, -0.2) is 0 Å². The predicted octanol–water partition coefficient (Wildman–Crippen LogP) is 1.23. The van der Waals surface area contributed by atoms with Crippen LogP contribution in [0.2, 0.25) is 0 Å². The number of terminal acetylenes is 1. The Kier molecular flexibility index (Phi) is 2.79. The number of anilines is 2. The summed E-state index contributed by atoms with van der Waals surface area (Å²) in [6.07, 6.45) is 6.64. The van der Waals surface area contributed by atoms with Gasteiger partial charge in [0.05, 0.1) is 6.20 Å². The third-order valence-corrected chi connectivity index (χ3v) is 2.20. The Morgan fingerprint density at radius 1 is 1.53 bits per heavy atom. The number of aromatic nitrogens is 2. The lowest BCUT2D eigenvalue weighted by molar-refractivity contribution is 0.102. The maximum Gasteiger partial charge on any atom is 0.261 e. The summed E-state index contributed by atoms with van der Waals surface area (Å²) >= 11 is 0. The lowest BCUT2D eigenvalue weighted by Crippen LogP contribution is -2.12. The largest absolute Gasteiger partial charge is 0.383 e. The van der Waals surface area contributed by atoms with Crippen LogP contribution < -0.4 is 11.1 Å². The van der Waals surface area contributed by atoms with E-state index in [9.17, 15) is 4.79 Å². The van der Waals surface area contributed by atoms with Gasteiger partial charge in [0.25, 0.3) is 5.91 Å². The second-order valence-electron chi connectivity index (χ2n) is 3.38. The van der Waals surface area contributed by atoms with Crippen molar-refractivity contribution in [2.45, 2.75) is 0 Å². The zero-order valence-electron chi connectivity index (χ0n) is 8.90. The standard InChI is InChI=1S/C12H10N4O/c1-2-8-4-3-5-9(6-8)15-12(17)10-7-14-16-11(10)13/h1,3-7H,(H,15,17)(H3,13,14,16). The van der Waals surface area contributed by atoms with E-state index in [-0.39, 0.29) is 11.7 Å². The van der Waals surface area contributed by atoms with Crippen LogP contribution in [0.3, 0.4) is 0 Å². The summed E-state index contributed by atoms with van der Waals surface area (Å²) in [5, 5.41) is 8.85. The van der Waals surface area contributed by atoms with Crippen LogP contribution >= 0.6 is 0 Å². The smallest absolute Gasteiger partial charge is 0.261 e. The first-order chi connectivity index (χ1) is 8.20. The highest BCUT2D eigenvalue weighted by molar-refractivity contribution is 6.07. The van der Waals surface area contributed by atoms with Gasteiger partial charge in [-0.1, -0.05) is 12.0 Å². The van der Waals surface area contributed by atoms with Gasteiger partial charge >= 0.3 is 0 Å². The van der Waals surface area contributed by atoms with Crippen LogP contribution in [0.25, 0.3) is 0 Å². The Hall–Kier alpha value is -2.74. The van der Waals surface area contributed by atoms with Gasteiger partial charge in [0.2, 0.25) is 0 Å². The van der Waals surface area contributed by atoms with Crippen LogP contribution in [0, 0.1) is 12.3 Å². The monoisotopic (exact) mass is 226 g/mol. The average Bonchev–Trinajstić information content (AvgIpc) is 2.76. The van der Waals surface area contributed by atoms with Gasteiger partial charge in [0.15, 0.2) is 0 Å². The number of amides is 1. The van der Waals surface area contributed by atoms with Gasteiger partial charge in [0.1, 0.15) is 11.4 Å². The highest BCUT2D eigenvalue weighted by Crippen LogP contribution is 2.13. The summed E-state index contributed by atoms with van der Waals surface area (Å²) in [5.41, 5.74) is 7.16. The molecule has 0 fully saturated rings. The third kappa shape index (κ3) is 2.26. The van der Waals surface area contributed by atoms with Crippen molar-refractivity contribution in [2.75, 3.05) is 11.1 Å². The quantitative estimate of drug-likeness (QED) is 0.673. The number of carbonyl (C=O) groups is 1. The zero-order valence-corrected chi connectivity index (χ0v) is 8.90. The molecule has 0 unspecified atom stereocenters. The molecule has 0 radical (unpaired) electrons. The highest BCUT2D eigenvalue weighted by Gasteiger charge is 2.11. The van der Waals surface area contributed by atoms with E-state index in [1.165, 1.54) is 6.20 Å². The SMILES string of the molecule is C#Cc1cccc(NC(=O)c2cn[nH]c2N)c1. The number of nitrogens with two attached hydrogens (primary N) is 1. The first-order valence-corrected chi connectivity index (χ1v) is 4.87. The molecule has 1 heterocycles. The molecular formula is C12H10N4O. The second-order valence-corrected chi connectivity index (χ2v) is 3.38. The Bertz CT molecular complexity index is 595. The number of rotatable bonds is 2. The molecule has 1 aromatic heterocycles. The Morgan fingerprint density at radius 3 is 3.00 bits per heavy atom. The molecule has 2 rings (SSSR count). The fraction of sp³-hybridized carbons (Fsp3) is 0. The summed E-state index contributed by atoms with van der Waals surface area (Å²) < 4.78 is 0. The van der Waals surface area contributed by atoms with Crippen molar-refractivity contribution in [3.05, 3.63) is 41.6 Å². The van der Waals surface area contributed by atoms with Crippen molar-refractivity contribution in [3.8, 4) is 12.3 Å². The van der Waals surface area contributed by atoms with Gasteiger partial charge < -0.3 is 11.1 Å². The van der Waals surface area contributed by atoms with Crippen molar-refractivity contribution in [2.24, 2.45) is 0 Å². The van der Waals surface area contributed by atoms with Gasteiger partial charge in [-0.3, -0.25) is 9.89 Å². The number of H-pyrrole nitrogens is 1. The molecule has 2 aromatic rings. The number of nitrogen functional groups attached to an aromatic ring is 1. The summed E-state index contributed by atoms with van der Waals surface area (Å²) in [6.45, 7) is 0. The molecule has 84 valence electrons. The van der Waals surface area contributed by atoms with Gasteiger partial charge in [-0.05, 0) is 18.2 Å². The number of nitrogens with zero attached hydrogens (tertiary/aromatic N) is 1. The molecule has 17 heavy (non-hydrogen) atoms. The van der Waals surface area contributed by atoms with Gasteiger partial charge in [-0.15, -0.1) is 6.42 Å². The van der Waals surface area contributed by atoms with E-state index in [2.05, 4.69) is 21.4 Å². The van der Waals surface area contributed by atoms with Gasteiger partial charge in [-0.2, -0.15) is 5.10 Å². The van der Waals surface area contributed by atoms with E-state index in [1.807, 2.05) is 0 Å². The molecule has 0 spiro atoms. The van der Waals surface area contributed by atoms with Crippen LogP contribution in [0.5, 0.6) is 0 Å². The lowest BCUT2D eigenvalue weighted by Gasteiger charge is -2.04. The number of nitrogens with one attached hydrogen (secondary N) is 2. The molecule has 0 aliphatic carbocycles. The molecule has 0 atom stereocenters. The summed E-state index contributed by atoms with van der Waals surface area (Å²) in [5.74, 6) is 2.40. The second kappa shape index (κ2) is 4.41. The number of aromatic amines is 1. The summed E-state index contributed by atoms with van der Waals surface area (Å²) in [7, 11) is 0. The maximum atomic E-state index is 11.8. The molecular weight excluding hydrogens is 216 g/mol. The third-order valence-electron chi connectivity index (χ3n) is 2.20. The van der Waals surface area contributed by atoms with Crippen LogP contribution in [0.4, 0.5) is 11.5 Å². The Balaban J connectivity index is 2.19. The van der Waals surface area contributed by atoms with Crippen molar-refractivity contribution in [1.82, 2.24) is 10.2 Å². The van der Waals surface area contributed by atoms with E-state index in [0.29, 0.717) is 16.8 Å². The van der Waals surface area contributed by atoms with Gasteiger partial charge in [0, 0.05) is 11.3 Å². The van der Waals surface area contributed by atoms with Crippen molar-refractivity contribution in [3.63, 3.8) is 0 Å². The van der Waals surface area contributed by atoms with Crippen LogP contribution in [0.1, 0.15) is 15.9 Å². The fourth-order valence-corrected chi connectivity index (χ4v) is 1.36. The first-order valence-electron chi connectivity index (χ1n) is 4.87. The molecule has 0 bridgehead atoms. The van der Waals surface area contributed by atoms with E-state index in [4.69, 9.17) is 12.2 Å². The summed E-state index contributed by atoms with van der Waals surface area (Å²) in [4.78, 5) is 11.8. The normalized spacial score (nSPS) is 9.59. The van der Waals surface area contributed by atoms with E-state index < -0.39 is 0 Å². The predicted molar refractivity (Wildman–Crippen MR) is 65.3 cm³/mol. The van der Waals surface area contributed by atoms with Crippen LogP contribution in [-0.4, -0.2) is 16.1 Å². The van der Waals surface area contributed by atoms with E-state index in [1.54, 1.807) is 24.3 Å².